The number of anilines is 1. The van der Waals surface area contributed by atoms with E-state index >= 15 is 0 Å². The number of carbonyl (C=O) groups is 1. The number of hydrogen-bond acceptors (Lipinski definition) is 8. The van der Waals surface area contributed by atoms with Crippen molar-refractivity contribution in [1.82, 2.24) is 30.2 Å². The third kappa shape index (κ3) is 4.89. The molecule has 1 atom stereocenters. The van der Waals surface area contributed by atoms with E-state index in [0.29, 0.717) is 17.6 Å². The number of piperidine rings is 1. The molecule has 0 bridgehead atoms. The SMILES string of the molecule is O=C(CN1CCCC(c2[nH]ncc2CN2CCOCC2)C1)Nc1nncs1. The maximum absolute atomic E-state index is 12.2. The molecule has 0 radical (unpaired) electrons. The summed E-state index contributed by atoms with van der Waals surface area (Å²) in [6.45, 7) is 6.61. The first kappa shape index (κ1) is 18.5. The Labute approximate surface area is 162 Å². The molecule has 0 saturated carbocycles. The Hall–Kier alpha value is -1.88. The zero-order valence-corrected chi connectivity index (χ0v) is 16.1. The van der Waals surface area contributed by atoms with E-state index in [1.54, 1.807) is 5.51 Å². The molecule has 10 heteroatoms. The lowest BCUT2D eigenvalue weighted by molar-refractivity contribution is -0.117. The molecule has 1 amide bonds. The molecule has 4 rings (SSSR count). The van der Waals surface area contributed by atoms with Crippen LogP contribution in [0.15, 0.2) is 11.7 Å². The summed E-state index contributed by atoms with van der Waals surface area (Å²) < 4.78 is 5.44. The largest absolute Gasteiger partial charge is 0.379 e. The van der Waals surface area contributed by atoms with Crippen LogP contribution in [-0.4, -0.2) is 82.0 Å². The van der Waals surface area contributed by atoms with Crippen LogP contribution in [0.2, 0.25) is 0 Å². The molecule has 27 heavy (non-hydrogen) atoms. The lowest BCUT2D eigenvalue weighted by Crippen LogP contribution is -2.40. The number of nitrogens with zero attached hydrogens (tertiary/aromatic N) is 5. The highest BCUT2D eigenvalue weighted by Crippen LogP contribution is 2.28. The lowest BCUT2D eigenvalue weighted by Gasteiger charge is -2.32. The molecule has 2 aliphatic heterocycles. The van der Waals surface area contributed by atoms with Crippen molar-refractivity contribution in [3.8, 4) is 0 Å². The number of likely N-dealkylation sites (tertiary alicyclic amines) is 1. The first-order chi connectivity index (χ1) is 13.3. The van der Waals surface area contributed by atoms with Gasteiger partial charge in [-0.2, -0.15) is 5.10 Å². The second-order valence-corrected chi connectivity index (χ2v) is 7.90. The predicted molar refractivity (Wildman–Crippen MR) is 102 cm³/mol. The molecule has 4 heterocycles. The van der Waals surface area contributed by atoms with Crippen LogP contribution in [0.3, 0.4) is 0 Å². The summed E-state index contributed by atoms with van der Waals surface area (Å²) in [4.78, 5) is 16.9. The third-order valence-electron chi connectivity index (χ3n) is 5.14. The van der Waals surface area contributed by atoms with Gasteiger partial charge in [-0.25, -0.2) is 0 Å². The molecular formula is C17H25N7O2S. The molecule has 0 aliphatic carbocycles. The van der Waals surface area contributed by atoms with Gasteiger partial charge in [-0.3, -0.25) is 25.0 Å². The Morgan fingerprint density at radius 1 is 1.33 bits per heavy atom. The van der Waals surface area contributed by atoms with Crippen molar-refractivity contribution in [3.63, 3.8) is 0 Å². The average Bonchev–Trinajstić information content (AvgIpc) is 3.35. The van der Waals surface area contributed by atoms with E-state index < -0.39 is 0 Å². The molecular weight excluding hydrogens is 366 g/mol. The lowest BCUT2D eigenvalue weighted by atomic mass is 9.92. The van der Waals surface area contributed by atoms with E-state index in [4.69, 9.17) is 4.74 Å². The highest BCUT2D eigenvalue weighted by atomic mass is 32.1. The van der Waals surface area contributed by atoms with E-state index in [2.05, 4.69) is 35.5 Å². The number of rotatable bonds is 6. The van der Waals surface area contributed by atoms with Gasteiger partial charge in [-0.1, -0.05) is 11.3 Å². The number of hydrogen-bond donors (Lipinski definition) is 2. The van der Waals surface area contributed by atoms with Crippen molar-refractivity contribution in [1.29, 1.82) is 0 Å². The van der Waals surface area contributed by atoms with Crippen molar-refractivity contribution in [2.75, 3.05) is 51.3 Å². The molecule has 2 fully saturated rings. The van der Waals surface area contributed by atoms with Gasteiger partial charge in [0.25, 0.3) is 0 Å². The molecule has 2 saturated heterocycles. The summed E-state index contributed by atoms with van der Waals surface area (Å²) in [5.41, 5.74) is 4.10. The summed E-state index contributed by atoms with van der Waals surface area (Å²) in [5, 5.41) is 18.5. The zero-order chi connectivity index (χ0) is 18.5. The molecule has 2 N–H and O–H groups in total. The van der Waals surface area contributed by atoms with Crippen LogP contribution in [0.1, 0.15) is 30.0 Å². The smallest absolute Gasteiger partial charge is 0.240 e. The van der Waals surface area contributed by atoms with Crippen LogP contribution >= 0.6 is 11.3 Å². The minimum Gasteiger partial charge on any atom is -0.379 e. The molecule has 146 valence electrons. The van der Waals surface area contributed by atoms with Crippen molar-refractivity contribution in [2.24, 2.45) is 0 Å². The fourth-order valence-corrected chi connectivity index (χ4v) is 4.29. The predicted octanol–water partition coefficient (Wildman–Crippen LogP) is 0.911. The molecule has 0 aromatic carbocycles. The van der Waals surface area contributed by atoms with E-state index in [0.717, 1.165) is 58.8 Å². The molecule has 1 unspecified atom stereocenters. The van der Waals surface area contributed by atoms with Crippen LogP contribution < -0.4 is 5.32 Å². The van der Waals surface area contributed by atoms with Crippen molar-refractivity contribution >= 4 is 22.4 Å². The highest BCUT2D eigenvalue weighted by Gasteiger charge is 2.26. The summed E-state index contributed by atoms with van der Waals surface area (Å²) in [7, 11) is 0. The van der Waals surface area contributed by atoms with Crippen LogP contribution in [0, 0.1) is 0 Å². The standard InChI is InChI=1S/C17H25N7O2S/c25-15(20-17-22-19-12-27-17)11-24-3-1-2-13(9-24)16-14(8-18-21-16)10-23-4-6-26-7-5-23/h8,12-13H,1-7,9-11H2,(H,18,21)(H,20,22,25). The summed E-state index contributed by atoms with van der Waals surface area (Å²) in [5.74, 6) is 0.345. The number of aromatic amines is 1. The van der Waals surface area contributed by atoms with Crippen molar-refractivity contribution in [2.45, 2.75) is 25.3 Å². The third-order valence-corrected chi connectivity index (χ3v) is 5.74. The number of carbonyl (C=O) groups excluding carboxylic acids is 1. The maximum Gasteiger partial charge on any atom is 0.240 e. The second-order valence-electron chi connectivity index (χ2n) is 7.06. The van der Waals surface area contributed by atoms with Gasteiger partial charge in [-0.05, 0) is 19.4 Å². The van der Waals surface area contributed by atoms with Gasteiger partial charge in [0, 0.05) is 43.4 Å². The van der Waals surface area contributed by atoms with Crippen LogP contribution in [0.5, 0.6) is 0 Å². The molecule has 0 spiro atoms. The minimum atomic E-state index is -0.0365. The molecule has 9 nitrogen and oxygen atoms in total. The molecule has 2 aromatic heterocycles. The zero-order valence-electron chi connectivity index (χ0n) is 15.3. The topological polar surface area (TPSA) is 99.3 Å². The number of amides is 1. The summed E-state index contributed by atoms with van der Waals surface area (Å²) >= 11 is 1.33. The number of H-pyrrole nitrogens is 1. The monoisotopic (exact) mass is 391 g/mol. The Bertz CT molecular complexity index is 729. The quantitative estimate of drug-likeness (QED) is 0.755. The second kappa shape index (κ2) is 8.87. The summed E-state index contributed by atoms with van der Waals surface area (Å²) in [6, 6.07) is 0. The van der Waals surface area contributed by atoms with E-state index in [9.17, 15) is 4.79 Å². The fourth-order valence-electron chi connectivity index (χ4n) is 3.82. The Balaban J connectivity index is 1.34. The highest BCUT2D eigenvalue weighted by molar-refractivity contribution is 7.13. The number of aromatic nitrogens is 4. The maximum atomic E-state index is 12.2. The van der Waals surface area contributed by atoms with Crippen LogP contribution in [0.25, 0.3) is 0 Å². The average molecular weight is 392 g/mol. The van der Waals surface area contributed by atoms with Crippen LogP contribution in [0.4, 0.5) is 5.13 Å². The van der Waals surface area contributed by atoms with Gasteiger partial charge in [0.1, 0.15) is 5.51 Å². The van der Waals surface area contributed by atoms with Crippen LogP contribution in [-0.2, 0) is 16.1 Å². The number of ether oxygens (including phenoxy) is 1. The van der Waals surface area contributed by atoms with Gasteiger partial charge < -0.3 is 4.74 Å². The van der Waals surface area contributed by atoms with Crippen molar-refractivity contribution < 1.29 is 9.53 Å². The van der Waals surface area contributed by atoms with E-state index in [1.165, 1.54) is 22.6 Å². The first-order valence-corrected chi connectivity index (χ1v) is 10.3. The first-order valence-electron chi connectivity index (χ1n) is 9.38. The Morgan fingerprint density at radius 2 is 2.22 bits per heavy atom. The van der Waals surface area contributed by atoms with E-state index in [1.807, 2.05) is 6.20 Å². The van der Waals surface area contributed by atoms with Gasteiger partial charge >= 0.3 is 0 Å². The fraction of sp³-hybridized carbons (Fsp3) is 0.647. The normalized spacial score (nSPS) is 22.0. The van der Waals surface area contributed by atoms with Gasteiger partial charge in [0.15, 0.2) is 0 Å². The minimum absolute atomic E-state index is 0.0365. The molecule has 2 aromatic rings. The Kier molecular flexibility index (Phi) is 6.07. The van der Waals surface area contributed by atoms with E-state index in [-0.39, 0.29) is 5.91 Å². The van der Waals surface area contributed by atoms with Crippen molar-refractivity contribution in [3.05, 3.63) is 23.0 Å². The number of morpholine rings is 1. The number of nitrogens with one attached hydrogen (secondary N) is 2. The molecule has 2 aliphatic rings. The summed E-state index contributed by atoms with van der Waals surface area (Å²) in [6.07, 6.45) is 4.14. The van der Waals surface area contributed by atoms with Gasteiger partial charge in [-0.15, -0.1) is 10.2 Å². The van der Waals surface area contributed by atoms with Gasteiger partial charge in [0.2, 0.25) is 11.0 Å². The Morgan fingerprint density at radius 3 is 3.04 bits per heavy atom. The van der Waals surface area contributed by atoms with Gasteiger partial charge in [0.05, 0.1) is 26.0 Å².